The zero-order chi connectivity index (χ0) is 41.1. The van der Waals surface area contributed by atoms with Gasteiger partial charge in [-0.2, -0.15) is 0 Å². The Bertz CT molecular complexity index is 3590. The van der Waals surface area contributed by atoms with Gasteiger partial charge in [0.05, 0.1) is 0 Å². The monoisotopic (exact) mass is 793 g/mol. The number of hydrogen-bond donors (Lipinski definition) is 0. The second-order valence-electron chi connectivity index (χ2n) is 17.4. The van der Waals surface area contributed by atoms with Crippen LogP contribution in [0.1, 0.15) is 48.1 Å². The molecule has 0 radical (unpaired) electrons. The first-order valence-corrected chi connectivity index (χ1v) is 21.5. The third-order valence-electron chi connectivity index (χ3n) is 13.6. The average Bonchev–Trinajstić information content (AvgIpc) is 3.82. The molecular weight excluding hydrogens is 755 g/mol. The van der Waals surface area contributed by atoms with E-state index in [0.29, 0.717) is 17.5 Å². The Hall–Kier alpha value is -7.69. The van der Waals surface area contributed by atoms with Crippen LogP contribution in [0.2, 0.25) is 0 Å². The van der Waals surface area contributed by atoms with Gasteiger partial charge in [0, 0.05) is 32.9 Å². The molecule has 0 atom stereocenters. The first kappa shape index (κ1) is 35.1. The molecular formula is C58H39N3O. The molecule has 8 aromatic carbocycles. The average molecular weight is 794 g/mol. The lowest BCUT2D eigenvalue weighted by Gasteiger charge is -2.25. The molecule has 13 rings (SSSR count). The van der Waals surface area contributed by atoms with E-state index in [4.69, 9.17) is 19.4 Å². The van der Waals surface area contributed by atoms with E-state index in [0.717, 1.165) is 62.6 Å². The van der Waals surface area contributed by atoms with Crippen molar-refractivity contribution in [3.8, 4) is 67.5 Å². The van der Waals surface area contributed by atoms with Crippen LogP contribution in [0.5, 0.6) is 0 Å². The number of fused-ring (bicyclic) bond motifs is 6. The van der Waals surface area contributed by atoms with Crippen molar-refractivity contribution in [3.63, 3.8) is 0 Å². The molecule has 0 saturated heterocycles. The van der Waals surface area contributed by atoms with Crippen molar-refractivity contribution in [3.05, 3.63) is 198 Å². The van der Waals surface area contributed by atoms with Gasteiger partial charge in [0.15, 0.2) is 17.5 Å². The molecule has 62 heavy (non-hydrogen) atoms. The van der Waals surface area contributed by atoms with E-state index >= 15 is 0 Å². The highest BCUT2D eigenvalue weighted by molar-refractivity contribution is 6.14. The van der Waals surface area contributed by atoms with Gasteiger partial charge in [-0.15, -0.1) is 0 Å². The second kappa shape index (κ2) is 13.2. The maximum Gasteiger partial charge on any atom is 0.164 e. The molecule has 0 fully saturated rings. The topological polar surface area (TPSA) is 51.8 Å². The van der Waals surface area contributed by atoms with E-state index in [9.17, 15) is 0 Å². The Balaban J connectivity index is 0.924. The number of hydrogen-bond acceptors (Lipinski definition) is 4. The normalized spacial score (nSPS) is 14.3. The molecule has 0 bridgehead atoms. The molecule has 3 aliphatic rings. The van der Waals surface area contributed by atoms with Gasteiger partial charge >= 0.3 is 0 Å². The fraction of sp³-hybridized carbons (Fsp3) is 0.0862. The van der Waals surface area contributed by atoms with Crippen molar-refractivity contribution < 1.29 is 4.42 Å². The van der Waals surface area contributed by atoms with Crippen LogP contribution in [-0.2, 0) is 11.8 Å². The quantitative estimate of drug-likeness (QED) is 0.174. The molecule has 10 aromatic rings. The molecule has 4 heteroatoms. The van der Waals surface area contributed by atoms with Gasteiger partial charge in [-0.1, -0.05) is 172 Å². The molecule has 0 N–H and O–H groups in total. The van der Waals surface area contributed by atoms with Gasteiger partial charge in [0.1, 0.15) is 11.2 Å². The number of allylic oxidation sites excluding steroid dienone is 3. The molecule has 3 aliphatic carbocycles. The summed E-state index contributed by atoms with van der Waals surface area (Å²) in [5.74, 6) is 1.96. The van der Waals surface area contributed by atoms with Crippen LogP contribution in [0.3, 0.4) is 0 Å². The van der Waals surface area contributed by atoms with Gasteiger partial charge < -0.3 is 4.42 Å². The summed E-state index contributed by atoms with van der Waals surface area (Å²) >= 11 is 0. The van der Waals surface area contributed by atoms with Crippen LogP contribution >= 0.6 is 0 Å². The largest absolute Gasteiger partial charge is 0.456 e. The maximum absolute atomic E-state index is 6.54. The van der Waals surface area contributed by atoms with Crippen LogP contribution in [-0.4, -0.2) is 15.0 Å². The minimum atomic E-state index is -0.132. The fourth-order valence-electron chi connectivity index (χ4n) is 10.6. The van der Waals surface area contributed by atoms with Crippen molar-refractivity contribution in [1.82, 2.24) is 15.0 Å². The summed E-state index contributed by atoms with van der Waals surface area (Å²) < 4.78 is 6.54. The van der Waals surface area contributed by atoms with Crippen LogP contribution in [0.25, 0.3) is 112 Å². The molecule has 2 aromatic heterocycles. The van der Waals surface area contributed by atoms with E-state index < -0.39 is 0 Å². The minimum Gasteiger partial charge on any atom is -0.456 e. The van der Waals surface area contributed by atoms with Crippen LogP contribution in [0, 0.1) is 0 Å². The number of aromatic nitrogens is 3. The summed E-state index contributed by atoms with van der Waals surface area (Å²) in [6.07, 6.45) is 8.95. The van der Waals surface area contributed by atoms with E-state index in [2.05, 4.69) is 172 Å². The lowest BCUT2D eigenvalue weighted by molar-refractivity contribution is 0.660. The summed E-state index contributed by atoms with van der Waals surface area (Å²) in [5, 5.41) is 4.95. The number of benzene rings is 8. The summed E-state index contributed by atoms with van der Waals surface area (Å²) in [6.45, 7) is 4.61. The lowest BCUT2D eigenvalue weighted by Crippen LogP contribution is -2.14. The SMILES string of the molecule is CC1(C)c2ccccc2-c2c(-c3nc(-c4ccccc4)nc(-c4ccc(-c5cccc6oc7ccc(-c8ccc9ccc%10c%11c9c8CC=C%11CC=C%10)cc7c56)cc4)n3)cccc21. The fourth-order valence-corrected chi connectivity index (χ4v) is 10.6. The van der Waals surface area contributed by atoms with Crippen LogP contribution in [0.15, 0.2) is 174 Å². The molecule has 292 valence electrons. The van der Waals surface area contributed by atoms with Gasteiger partial charge in [0.2, 0.25) is 0 Å². The predicted molar refractivity (Wildman–Crippen MR) is 255 cm³/mol. The molecule has 0 aliphatic heterocycles. The molecule has 4 nitrogen and oxygen atoms in total. The van der Waals surface area contributed by atoms with E-state index in [-0.39, 0.29) is 5.41 Å². The van der Waals surface area contributed by atoms with Crippen molar-refractivity contribution in [2.24, 2.45) is 0 Å². The van der Waals surface area contributed by atoms with Crippen LogP contribution in [0.4, 0.5) is 0 Å². The Morgan fingerprint density at radius 2 is 1.18 bits per heavy atom. The Morgan fingerprint density at radius 1 is 0.484 bits per heavy atom. The standard InChI is InChI=1S/C58H39N3O/c1-58(2)47-18-7-6-15-44(47)53-45(17-9-19-48(53)58)57-60-55(38-11-4-3-5-12-38)59-56(61-57)39-25-21-34(22-26-39)42-16-10-20-50-54(42)46-33-40(29-32-49(46)62-50)41-30-27-37-24-23-35-13-8-14-36-28-31-43(41)52(37)51(35)36/h3-13,15-30,32-33H,14,31H2,1-2H3. The minimum absolute atomic E-state index is 0.132. The zero-order valence-corrected chi connectivity index (χ0v) is 34.4. The molecule has 0 saturated carbocycles. The summed E-state index contributed by atoms with van der Waals surface area (Å²) in [6, 6.07) is 56.4. The third-order valence-corrected chi connectivity index (χ3v) is 13.6. The molecule has 2 heterocycles. The molecule has 0 spiro atoms. The van der Waals surface area contributed by atoms with Gasteiger partial charge in [-0.05, 0) is 109 Å². The highest BCUT2D eigenvalue weighted by Crippen LogP contribution is 2.52. The number of nitrogens with zero attached hydrogens (tertiary/aromatic N) is 3. The maximum atomic E-state index is 6.54. The number of rotatable bonds is 5. The number of furan rings is 1. The summed E-state index contributed by atoms with van der Waals surface area (Å²) in [4.78, 5) is 15.5. The molecule has 0 unspecified atom stereocenters. The Kier molecular flexibility index (Phi) is 7.45. The van der Waals surface area contributed by atoms with Gasteiger partial charge in [0.25, 0.3) is 0 Å². The first-order chi connectivity index (χ1) is 30.5. The van der Waals surface area contributed by atoms with E-state index in [1.165, 1.54) is 66.4 Å². The van der Waals surface area contributed by atoms with Crippen molar-refractivity contribution in [1.29, 1.82) is 0 Å². The van der Waals surface area contributed by atoms with Crippen molar-refractivity contribution in [2.45, 2.75) is 32.1 Å². The summed E-state index contributed by atoms with van der Waals surface area (Å²) in [7, 11) is 0. The lowest BCUT2D eigenvalue weighted by atomic mass is 9.79. The third kappa shape index (κ3) is 5.16. The second-order valence-corrected chi connectivity index (χ2v) is 17.4. The predicted octanol–water partition coefficient (Wildman–Crippen LogP) is 14.9. The van der Waals surface area contributed by atoms with E-state index in [1.807, 2.05) is 18.2 Å². The van der Waals surface area contributed by atoms with Gasteiger partial charge in [-0.25, -0.2) is 15.0 Å². The Morgan fingerprint density at radius 3 is 2.05 bits per heavy atom. The van der Waals surface area contributed by atoms with E-state index in [1.54, 1.807) is 0 Å². The first-order valence-electron chi connectivity index (χ1n) is 21.5. The van der Waals surface area contributed by atoms with Crippen LogP contribution < -0.4 is 0 Å². The zero-order valence-electron chi connectivity index (χ0n) is 34.4. The van der Waals surface area contributed by atoms with Gasteiger partial charge in [-0.3, -0.25) is 0 Å². The summed E-state index contributed by atoms with van der Waals surface area (Å²) in [5.41, 5.74) is 19.9. The molecule has 0 amide bonds. The highest BCUT2D eigenvalue weighted by Gasteiger charge is 2.37. The smallest absolute Gasteiger partial charge is 0.164 e. The van der Waals surface area contributed by atoms with Crippen molar-refractivity contribution >= 4 is 44.4 Å². The Labute approximate surface area is 359 Å². The highest BCUT2D eigenvalue weighted by atomic mass is 16.3. The van der Waals surface area contributed by atoms with Crippen molar-refractivity contribution in [2.75, 3.05) is 0 Å².